The zero-order valence-electron chi connectivity index (χ0n) is 27.9. The Morgan fingerprint density at radius 2 is 1.54 bits per heavy atom. The molecule has 5 rings (SSSR count). The molecule has 0 aliphatic carbocycles. The average Bonchev–Trinajstić information content (AvgIpc) is 3.10. The minimum Gasteiger partial charge on any atom is -1.00 e. The lowest BCUT2D eigenvalue weighted by Crippen LogP contribution is -3.00. The van der Waals surface area contributed by atoms with E-state index in [1.54, 1.807) is 36.9 Å². The van der Waals surface area contributed by atoms with E-state index in [4.69, 9.17) is 20.1 Å². The number of ketones is 1. The third-order valence-electron chi connectivity index (χ3n) is 7.15. The number of aliphatic imine (C=N–C) groups is 1. The number of halogens is 6. The molecule has 1 aliphatic heterocycles. The molecule has 0 unspecified atom stereocenters. The average molecular weight is 802 g/mol. The van der Waals surface area contributed by atoms with Crippen molar-refractivity contribution < 1.29 is 74.0 Å². The maximum absolute atomic E-state index is 14.2. The summed E-state index contributed by atoms with van der Waals surface area (Å²) in [5.41, 5.74) is 7.69. The van der Waals surface area contributed by atoms with Crippen molar-refractivity contribution in [2.75, 3.05) is 13.1 Å². The Morgan fingerprint density at radius 1 is 0.904 bits per heavy atom. The second-order valence-electron chi connectivity index (χ2n) is 10.7. The quantitative estimate of drug-likeness (QED) is 0.0467. The number of carbonyl (C=O) groups is 2. The Balaban J connectivity index is 0. The summed E-state index contributed by atoms with van der Waals surface area (Å²) in [4.78, 5) is 33.2. The first-order valence-corrected chi connectivity index (χ1v) is 15.3. The van der Waals surface area contributed by atoms with E-state index in [0.717, 1.165) is 73.3 Å². The highest BCUT2D eigenvalue weighted by molar-refractivity contribution is 6.59. The van der Waals surface area contributed by atoms with Crippen LogP contribution in [0.4, 0.5) is 8.78 Å². The largest absolute Gasteiger partial charge is 1.00 e. The SMILES string of the molecule is Cl.Cl.O=Cc1ccc(B(O)O)cc1F.OB(O)c1ccc(/C=C2\CCCN=C2c2cccnc2)c(F)c1.[Cl-].[Cl-].[NH3+]CCCCC(=O)c1ccc[nH+]c1. The van der Waals surface area contributed by atoms with Gasteiger partial charge in [-0.1, -0.05) is 18.2 Å². The molecule has 0 bridgehead atoms. The summed E-state index contributed by atoms with van der Waals surface area (Å²) in [6.07, 6.45) is 13.5. The van der Waals surface area contributed by atoms with Gasteiger partial charge in [-0.3, -0.25) is 19.6 Å². The van der Waals surface area contributed by atoms with Crippen molar-refractivity contribution in [3.05, 3.63) is 125 Å². The van der Waals surface area contributed by atoms with Gasteiger partial charge in [-0.2, -0.15) is 0 Å². The van der Waals surface area contributed by atoms with Crippen LogP contribution < -0.4 is 46.5 Å². The van der Waals surface area contributed by atoms with Crippen LogP contribution in [-0.2, 0) is 0 Å². The molecule has 18 heteroatoms. The molecule has 0 spiro atoms. The van der Waals surface area contributed by atoms with Gasteiger partial charge in [-0.25, -0.2) is 13.8 Å². The van der Waals surface area contributed by atoms with Crippen LogP contribution in [0.15, 0.2) is 96.0 Å². The standard InChI is InChI=1S/C17H16BFN2O2.C10H14N2O.C7H6BFO3.4ClH/c19-16-10-15(18(22)23)6-5-12(16)9-13-3-2-8-21-17(13)14-4-1-7-20-11-14;11-6-2-1-5-10(13)9-4-3-7-12-8-9;9-7-3-6(8(11)12)2-1-5(7)4-10;;;;/h1,4-7,9-11,22-23H,2-3,8H2;3-4,7-8H,1-2,5-6,11H2;1-4,11-12H;4*1H/b13-9+;;;;;;. The smallest absolute Gasteiger partial charge is 0.488 e. The highest BCUT2D eigenvalue weighted by atomic mass is 35.5. The number of benzene rings is 2. The van der Waals surface area contributed by atoms with Crippen molar-refractivity contribution in [1.82, 2.24) is 4.98 Å². The van der Waals surface area contributed by atoms with Gasteiger partial charge in [0.25, 0.3) is 0 Å². The van der Waals surface area contributed by atoms with Crippen LogP contribution in [-0.4, -0.2) is 70.2 Å². The first kappa shape index (κ1) is 50.5. The molecule has 0 saturated carbocycles. The number of unbranched alkanes of at least 4 members (excludes halogenated alkanes) is 1. The number of rotatable bonds is 10. The zero-order valence-corrected chi connectivity index (χ0v) is 31.0. The maximum Gasteiger partial charge on any atom is 0.488 e. The van der Waals surface area contributed by atoms with Crippen LogP contribution in [0.5, 0.6) is 0 Å². The molecule has 2 aromatic heterocycles. The summed E-state index contributed by atoms with van der Waals surface area (Å²) >= 11 is 0. The minimum atomic E-state index is -1.71. The number of hydrogen-bond acceptors (Lipinski definition) is 8. The predicted molar refractivity (Wildman–Crippen MR) is 194 cm³/mol. The number of nitrogens with zero attached hydrogens (tertiary/aromatic N) is 2. The molecular formula is C34H40B2Cl4F2N4O6. The molecule has 280 valence electrons. The Kier molecular flexibility index (Phi) is 26.3. The van der Waals surface area contributed by atoms with Crippen LogP contribution in [0.3, 0.4) is 0 Å². The number of allylic oxidation sites excluding steroid dienone is 1. The first-order chi connectivity index (χ1) is 23.1. The second kappa shape index (κ2) is 27.1. The van der Waals surface area contributed by atoms with Crippen molar-refractivity contribution in [3.63, 3.8) is 0 Å². The lowest BCUT2D eigenvalue weighted by molar-refractivity contribution is -0.378. The van der Waals surface area contributed by atoms with Crippen molar-refractivity contribution >= 4 is 73.8 Å². The number of carbonyl (C=O) groups excluding carboxylic acids is 2. The lowest BCUT2D eigenvalue weighted by atomic mass is 9.80. The van der Waals surface area contributed by atoms with Crippen molar-refractivity contribution in [2.45, 2.75) is 32.1 Å². The Bertz CT molecular complexity index is 1710. The number of H-pyrrole nitrogens is 1. The van der Waals surface area contributed by atoms with E-state index in [1.807, 2.05) is 24.3 Å². The number of hydrogen-bond donors (Lipinski definition) is 5. The van der Waals surface area contributed by atoms with Gasteiger partial charge in [0.2, 0.25) is 0 Å². The van der Waals surface area contributed by atoms with Gasteiger partial charge >= 0.3 is 14.2 Å². The maximum atomic E-state index is 14.2. The molecule has 10 nitrogen and oxygen atoms in total. The fraction of sp³-hybridized carbons (Fsp3) is 0.206. The molecule has 0 radical (unpaired) electrons. The fourth-order valence-corrected chi connectivity index (χ4v) is 4.58. The highest BCUT2D eigenvalue weighted by Gasteiger charge is 2.17. The molecule has 1 aliphatic rings. The van der Waals surface area contributed by atoms with Gasteiger partial charge in [0.15, 0.2) is 24.5 Å². The van der Waals surface area contributed by atoms with E-state index in [2.05, 4.69) is 20.7 Å². The van der Waals surface area contributed by atoms with E-state index in [9.17, 15) is 18.4 Å². The Morgan fingerprint density at radius 3 is 2.04 bits per heavy atom. The third kappa shape index (κ3) is 16.4. The van der Waals surface area contributed by atoms with Crippen molar-refractivity contribution in [2.24, 2.45) is 4.99 Å². The lowest BCUT2D eigenvalue weighted by Gasteiger charge is -2.16. The molecule has 0 amide bonds. The second-order valence-corrected chi connectivity index (χ2v) is 10.7. The highest BCUT2D eigenvalue weighted by Crippen LogP contribution is 2.22. The van der Waals surface area contributed by atoms with Crippen LogP contribution in [0.25, 0.3) is 6.08 Å². The number of aromatic nitrogens is 2. The third-order valence-corrected chi connectivity index (χ3v) is 7.15. The fourth-order valence-electron chi connectivity index (χ4n) is 4.58. The first-order valence-electron chi connectivity index (χ1n) is 15.3. The molecule has 0 saturated heterocycles. The summed E-state index contributed by atoms with van der Waals surface area (Å²) < 4.78 is 26.9. The molecule has 8 N–H and O–H groups in total. The van der Waals surface area contributed by atoms with Crippen LogP contribution in [0.2, 0.25) is 0 Å². The van der Waals surface area contributed by atoms with Gasteiger partial charge in [0, 0.05) is 48.1 Å². The number of nitrogens with one attached hydrogen (secondary N) is 1. The summed E-state index contributed by atoms with van der Waals surface area (Å²) in [5, 5.41) is 35.4. The molecule has 2 aromatic carbocycles. The molecule has 0 fully saturated rings. The van der Waals surface area contributed by atoms with E-state index in [-0.39, 0.29) is 71.9 Å². The van der Waals surface area contributed by atoms with E-state index >= 15 is 0 Å². The van der Waals surface area contributed by atoms with Gasteiger partial charge in [0.1, 0.15) is 11.6 Å². The van der Waals surface area contributed by atoms with Crippen LogP contribution in [0, 0.1) is 11.6 Å². The number of pyridine rings is 2. The van der Waals surface area contributed by atoms with E-state index in [1.165, 1.54) is 18.2 Å². The Hall–Kier alpha value is -3.56. The Labute approximate surface area is 326 Å². The zero-order chi connectivity index (χ0) is 34.9. The van der Waals surface area contributed by atoms with Gasteiger partial charge in [-0.05, 0) is 84.7 Å². The van der Waals surface area contributed by atoms with Crippen LogP contribution in [0.1, 0.15) is 63.9 Å². The van der Waals surface area contributed by atoms with E-state index in [0.29, 0.717) is 18.3 Å². The molecular weight excluding hydrogens is 762 g/mol. The monoisotopic (exact) mass is 800 g/mol. The van der Waals surface area contributed by atoms with Gasteiger partial charge in [0.05, 0.1) is 17.8 Å². The number of aldehydes is 1. The summed E-state index contributed by atoms with van der Waals surface area (Å²) in [5.74, 6) is -1.03. The van der Waals surface area contributed by atoms with Gasteiger partial charge in [-0.15, -0.1) is 24.8 Å². The minimum absolute atomic E-state index is 0. The van der Waals surface area contributed by atoms with E-state index < -0.39 is 25.9 Å². The summed E-state index contributed by atoms with van der Waals surface area (Å²) in [6.45, 7) is 1.66. The summed E-state index contributed by atoms with van der Waals surface area (Å²) in [6, 6.07) is 15.0. The normalized spacial score (nSPS) is 11.9. The van der Waals surface area contributed by atoms with Gasteiger partial charge < -0.3 is 50.6 Å². The molecule has 0 atom stereocenters. The summed E-state index contributed by atoms with van der Waals surface area (Å²) in [7, 11) is -3.38. The molecule has 4 aromatic rings. The number of aromatic amines is 1. The van der Waals surface area contributed by atoms with Crippen molar-refractivity contribution in [3.8, 4) is 0 Å². The van der Waals surface area contributed by atoms with Crippen molar-refractivity contribution in [1.29, 1.82) is 0 Å². The van der Waals surface area contributed by atoms with Crippen LogP contribution >= 0.6 is 24.8 Å². The number of Topliss-reactive ketones (excluding diaryl/α,β-unsaturated/α-hetero) is 1. The topological polar surface area (TPSA) is 182 Å². The number of quaternary nitrogens is 1. The predicted octanol–water partition coefficient (Wildman–Crippen LogP) is -4.17. The molecule has 52 heavy (non-hydrogen) atoms. The molecule has 3 heterocycles.